The Labute approximate surface area is 108 Å². The lowest BCUT2D eigenvalue weighted by molar-refractivity contribution is -0.121. The summed E-state index contributed by atoms with van der Waals surface area (Å²) in [6.07, 6.45) is 2.22. The molecular formula is C14H19N3O. The molecule has 18 heavy (non-hydrogen) atoms. The third-order valence-corrected chi connectivity index (χ3v) is 2.68. The van der Waals surface area contributed by atoms with Crippen LogP contribution in [0, 0.1) is 11.3 Å². The zero-order chi connectivity index (χ0) is 13.4. The number of nitrogens with two attached hydrogens (primary N) is 1. The Bertz CT molecular complexity index is 420. The van der Waals surface area contributed by atoms with Gasteiger partial charge in [0.05, 0.1) is 11.6 Å². The highest BCUT2D eigenvalue weighted by Gasteiger charge is 2.08. The highest BCUT2D eigenvalue weighted by Crippen LogP contribution is 2.03. The minimum absolute atomic E-state index is 0.0275. The van der Waals surface area contributed by atoms with Crippen molar-refractivity contribution in [3.05, 3.63) is 35.4 Å². The Morgan fingerprint density at radius 2 is 2.11 bits per heavy atom. The number of carbonyl (C=O) groups excluding carboxylic acids is 1. The predicted octanol–water partition coefficient (Wildman–Crippen LogP) is 1.69. The van der Waals surface area contributed by atoms with Crippen molar-refractivity contribution in [1.82, 2.24) is 5.32 Å². The van der Waals surface area contributed by atoms with E-state index >= 15 is 0 Å². The van der Waals surface area contributed by atoms with Crippen molar-refractivity contribution >= 4 is 5.91 Å². The summed E-state index contributed by atoms with van der Waals surface area (Å²) in [5, 5.41) is 11.5. The SMILES string of the molecule is CCCC(N)CC(=O)NCc1ccc(C#N)cc1. The number of hydrogen-bond acceptors (Lipinski definition) is 3. The average molecular weight is 245 g/mol. The Kier molecular flexibility index (Phi) is 5.89. The molecule has 0 saturated carbocycles. The molecule has 1 aromatic carbocycles. The summed E-state index contributed by atoms with van der Waals surface area (Å²) in [5.41, 5.74) is 7.39. The van der Waals surface area contributed by atoms with Crippen LogP contribution in [-0.2, 0) is 11.3 Å². The zero-order valence-corrected chi connectivity index (χ0v) is 10.6. The molecule has 0 bridgehead atoms. The zero-order valence-electron chi connectivity index (χ0n) is 10.6. The van der Waals surface area contributed by atoms with Gasteiger partial charge in [-0.1, -0.05) is 25.5 Å². The molecule has 0 spiro atoms. The van der Waals surface area contributed by atoms with Crippen molar-refractivity contribution in [2.24, 2.45) is 5.73 Å². The van der Waals surface area contributed by atoms with Crippen LogP contribution >= 0.6 is 0 Å². The van der Waals surface area contributed by atoms with E-state index in [1.165, 1.54) is 0 Å². The second-order valence-corrected chi connectivity index (χ2v) is 4.34. The Balaban J connectivity index is 2.35. The maximum atomic E-state index is 11.6. The fourth-order valence-corrected chi connectivity index (χ4v) is 1.68. The summed E-state index contributed by atoms with van der Waals surface area (Å²) in [4.78, 5) is 11.6. The molecule has 0 saturated heterocycles. The Morgan fingerprint density at radius 3 is 2.67 bits per heavy atom. The summed E-state index contributed by atoms with van der Waals surface area (Å²) in [7, 11) is 0. The van der Waals surface area contributed by atoms with E-state index in [0.29, 0.717) is 18.5 Å². The van der Waals surface area contributed by atoms with Crippen LogP contribution < -0.4 is 11.1 Å². The van der Waals surface area contributed by atoms with Gasteiger partial charge in [-0.25, -0.2) is 0 Å². The number of nitriles is 1. The normalized spacial score (nSPS) is 11.6. The second kappa shape index (κ2) is 7.46. The van der Waals surface area contributed by atoms with Gasteiger partial charge < -0.3 is 11.1 Å². The minimum atomic E-state index is -0.0593. The molecule has 0 aromatic heterocycles. The van der Waals surface area contributed by atoms with Crippen LogP contribution in [0.2, 0.25) is 0 Å². The first-order chi connectivity index (χ1) is 8.65. The third-order valence-electron chi connectivity index (χ3n) is 2.68. The monoisotopic (exact) mass is 245 g/mol. The molecule has 1 unspecified atom stereocenters. The lowest BCUT2D eigenvalue weighted by atomic mass is 10.1. The maximum absolute atomic E-state index is 11.6. The van der Waals surface area contributed by atoms with E-state index in [0.717, 1.165) is 18.4 Å². The summed E-state index contributed by atoms with van der Waals surface area (Å²) in [5.74, 6) is -0.0275. The molecule has 0 fully saturated rings. The molecule has 4 heteroatoms. The summed E-state index contributed by atoms with van der Waals surface area (Å²) >= 11 is 0. The highest BCUT2D eigenvalue weighted by molar-refractivity contribution is 5.76. The average Bonchev–Trinajstić information content (AvgIpc) is 2.37. The molecule has 4 nitrogen and oxygen atoms in total. The van der Waals surface area contributed by atoms with E-state index in [9.17, 15) is 4.79 Å². The van der Waals surface area contributed by atoms with Gasteiger partial charge in [0.15, 0.2) is 0 Å². The van der Waals surface area contributed by atoms with E-state index in [1.54, 1.807) is 12.1 Å². The number of nitrogens with one attached hydrogen (secondary N) is 1. The van der Waals surface area contributed by atoms with Gasteiger partial charge in [0.25, 0.3) is 0 Å². The molecule has 96 valence electrons. The maximum Gasteiger partial charge on any atom is 0.221 e. The largest absolute Gasteiger partial charge is 0.352 e. The van der Waals surface area contributed by atoms with Crippen molar-refractivity contribution in [3.8, 4) is 6.07 Å². The number of rotatable bonds is 6. The van der Waals surface area contributed by atoms with Crippen LogP contribution in [0.5, 0.6) is 0 Å². The first-order valence-electron chi connectivity index (χ1n) is 6.17. The number of hydrogen-bond donors (Lipinski definition) is 2. The van der Waals surface area contributed by atoms with Crippen molar-refractivity contribution in [2.45, 2.75) is 38.8 Å². The van der Waals surface area contributed by atoms with Crippen LogP contribution in [0.25, 0.3) is 0 Å². The molecule has 0 aliphatic carbocycles. The summed E-state index contributed by atoms with van der Waals surface area (Å²) in [6.45, 7) is 2.53. The van der Waals surface area contributed by atoms with E-state index in [2.05, 4.69) is 18.3 Å². The number of nitrogens with zero attached hydrogens (tertiary/aromatic N) is 1. The van der Waals surface area contributed by atoms with Gasteiger partial charge in [-0.3, -0.25) is 4.79 Å². The van der Waals surface area contributed by atoms with Gasteiger partial charge >= 0.3 is 0 Å². The predicted molar refractivity (Wildman–Crippen MR) is 70.5 cm³/mol. The van der Waals surface area contributed by atoms with Crippen LogP contribution in [0.15, 0.2) is 24.3 Å². The molecule has 0 aliphatic heterocycles. The fourth-order valence-electron chi connectivity index (χ4n) is 1.68. The minimum Gasteiger partial charge on any atom is -0.352 e. The molecule has 1 atom stereocenters. The summed E-state index contributed by atoms with van der Waals surface area (Å²) in [6, 6.07) is 9.15. The Morgan fingerprint density at radius 1 is 1.44 bits per heavy atom. The lowest BCUT2D eigenvalue weighted by Gasteiger charge is -2.10. The quantitative estimate of drug-likeness (QED) is 0.800. The number of benzene rings is 1. The first kappa shape index (κ1) is 14.2. The first-order valence-corrected chi connectivity index (χ1v) is 6.17. The second-order valence-electron chi connectivity index (χ2n) is 4.34. The number of amides is 1. The van der Waals surface area contributed by atoms with Gasteiger partial charge in [-0.05, 0) is 24.1 Å². The molecule has 1 aromatic rings. The van der Waals surface area contributed by atoms with Crippen LogP contribution in [-0.4, -0.2) is 11.9 Å². The van der Waals surface area contributed by atoms with E-state index in [-0.39, 0.29) is 11.9 Å². The molecule has 0 heterocycles. The van der Waals surface area contributed by atoms with Crippen molar-refractivity contribution < 1.29 is 4.79 Å². The number of carbonyl (C=O) groups is 1. The molecule has 0 radical (unpaired) electrons. The smallest absolute Gasteiger partial charge is 0.221 e. The van der Waals surface area contributed by atoms with E-state index < -0.39 is 0 Å². The standard InChI is InChI=1S/C14H19N3O/c1-2-3-13(16)8-14(18)17-10-12-6-4-11(9-15)5-7-12/h4-7,13H,2-3,8,10,16H2,1H3,(H,17,18). The van der Waals surface area contributed by atoms with Gasteiger partial charge in [0, 0.05) is 19.0 Å². The van der Waals surface area contributed by atoms with Crippen molar-refractivity contribution in [3.63, 3.8) is 0 Å². The topological polar surface area (TPSA) is 78.9 Å². The van der Waals surface area contributed by atoms with E-state index in [4.69, 9.17) is 11.0 Å². The molecule has 3 N–H and O–H groups in total. The van der Waals surface area contributed by atoms with Gasteiger partial charge in [0.1, 0.15) is 0 Å². The van der Waals surface area contributed by atoms with E-state index in [1.807, 2.05) is 12.1 Å². The Hall–Kier alpha value is -1.86. The summed E-state index contributed by atoms with van der Waals surface area (Å²) < 4.78 is 0. The van der Waals surface area contributed by atoms with Crippen LogP contribution in [0.3, 0.4) is 0 Å². The van der Waals surface area contributed by atoms with Crippen LogP contribution in [0.1, 0.15) is 37.3 Å². The molecular weight excluding hydrogens is 226 g/mol. The molecule has 1 amide bonds. The van der Waals surface area contributed by atoms with Crippen molar-refractivity contribution in [1.29, 1.82) is 5.26 Å². The lowest BCUT2D eigenvalue weighted by Crippen LogP contribution is -2.31. The van der Waals surface area contributed by atoms with Crippen LogP contribution in [0.4, 0.5) is 0 Å². The van der Waals surface area contributed by atoms with Gasteiger partial charge in [-0.15, -0.1) is 0 Å². The molecule has 0 aliphatic rings. The highest BCUT2D eigenvalue weighted by atomic mass is 16.1. The van der Waals surface area contributed by atoms with Gasteiger partial charge in [-0.2, -0.15) is 5.26 Å². The third kappa shape index (κ3) is 4.98. The van der Waals surface area contributed by atoms with Crippen molar-refractivity contribution in [2.75, 3.05) is 0 Å². The fraction of sp³-hybridized carbons (Fsp3) is 0.429. The molecule has 1 rings (SSSR count). The van der Waals surface area contributed by atoms with Gasteiger partial charge in [0.2, 0.25) is 5.91 Å².